The minimum absolute atomic E-state index is 0.655. The average molecular weight is 332 g/mol. The van der Waals surface area contributed by atoms with Crippen LogP contribution < -0.4 is 20.7 Å². The van der Waals surface area contributed by atoms with E-state index in [2.05, 4.69) is 85.8 Å². The van der Waals surface area contributed by atoms with Crippen LogP contribution in [0.15, 0.2) is 91.2 Å². The Morgan fingerprint density at radius 2 is 1.38 bits per heavy atom. The molecule has 0 aromatic heterocycles. The first-order valence-electron chi connectivity index (χ1n) is 8.08. The van der Waals surface area contributed by atoms with E-state index in [0.717, 1.165) is 5.75 Å². The maximum Gasteiger partial charge on any atom is 0.135 e. The first kappa shape index (κ1) is 16.5. The zero-order valence-electron chi connectivity index (χ0n) is 14.0. The van der Waals surface area contributed by atoms with E-state index in [1.54, 1.807) is 6.26 Å². The van der Waals surface area contributed by atoms with E-state index in [-0.39, 0.29) is 0 Å². The molecule has 0 saturated carbocycles. The van der Waals surface area contributed by atoms with Crippen LogP contribution in [0.2, 0.25) is 0 Å². The van der Waals surface area contributed by atoms with Gasteiger partial charge in [-0.15, -0.1) is 0 Å². The Bertz CT molecular complexity index is 770. The number of benzene rings is 3. The van der Waals surface area contributed by atoms with Crippen LogP contribution in [0.1, 0.15) is 12.5 Å². The molecular formula is C22H21OP. The summed E-state index contributed by atoms with van der Waals surface area (Å²) in [7, 11) is -0.655. The molecule has 3 aromatic carbocycles. The molecule has 24 heavy (non-hydrogen) atoms. The van der Waals surface area contributed by atoms with E-state index in [1.807, 2.05) is 13.0 Å². The molecule has 0 fully saturated rings. The molecular weight excluding hydrogens is 311 g/mol. The quantitative estimate of drug-likeness (QED) is 0.487. The molecule has 0 aliphatic carbocycles. The summed E-state index contributed by atoms with van der Waals surface area (Å²) in [6, 6.07) is 27.9. The summed E-state index contributed by atoms with van der Waals surface area (Å²) in [4.78, 5) is 0. The fraction of sp³-hybridized carbons (Fsp3) is 0.0909. The molecule has 0 atom stereocenters. The predicted molar refractivity (Wildman–Crippen MR) is 105 cm³/mol. The van der Waals surface area contributed by atoms with Gasteiger partial charge in [0.1, 0.15) is 5.75 Å². The van der Waals surface area contributed by atoms with Gasteiger partial charge in [-0.25, -0.2) is 0 Å². The number of hydrogen-bond acceptors (Lipinski definition) is 1. The first-order chi connectivity index (χ1) is 11.8. The Kier molecular flexibility index (Phi) is 5.46. The lowest BCUT2D eigenvalue weighted by atomic mass is 10.2. The Morgan fingerprint density at radius 3 is 1.92 bits per heavy atom. The summed E-state index contributed by atoms with van der Waals surface area (Å²) in [5.41, 5.74) is 1.20. The molecule has 0 aliphatic rings. The van der Waals surface area contributed by atoms with Crippen molar-refractivity contribution in [1.82, 2.24) is 0 Å². The normalized spacial score (nSPS) is 11.1. The Morgan fingerprint density at radius 1 is 0.792 bits per heavy atom. The van der Waals surface area contributed by atoms with Gasteiger partial charge in [0.05, 0.1) is 6.26 Å². The molecule has 0 spiro atoms. The maximum absolute atomic E-state index is 5.93. The number of hydrogen-bond donors (Lipinski definition) is 0. The summed E-state index contributed by atoms with van der Waals surface area (Å²) in [5.74, 6) is 0.937. The van der Waals surface area contributed by atoms with Gasteiger partial charge in [0.15, 0.2) is 0 Å². The Labute approximate surface area is 145 Å². The molecule has 3 rings (SSSR count). The van der Waals surface area contributed by atoms with E-state index in [4.69, 9.17) is 4.74 Å². The second-order valence-corrected chi connectivity index (χ2v) is 7.75. The van der Waals surface area contributed by atoms with Crippen LogP contribution in [0.3, 0.4) is 0 Å². The van der Waals surface area contributed by atoms with Gasteiger partial charge in [0.25, 0.3) is 0 Å². The fourth-order valence-corrected chi connectivity index (χ4v) is 4.98. The third-order valence-electron chi connectivity index (χ3n) is 3.72. The van der Waals surface area contributed by atoms with Gasteiger partial charge < -0.3 is 4.74 Å². The van der Waals surface area contributed by atoms with E-state index in [9.17, 15) is 0 Å². The average Bonchev–Trinajstić information content (AvgIpc) is 2.63. The lowest BCUT2D eigenvalue weighted by Gasteiger charge is -2.21. The molecule has 0 amide bonds. The zero-order valence-corrected chi connectivity index (χ0v) is 14.9. The highest BCUT2D eigenvalue weighted by Gasteiger charge is 2.20. The van der Waals surface area contributed by atoms with E-state index in [0.29, 0.717) is 0 Å². The maximum atomic E-state index is 5.93. The fourth-order valence-electron chi connectivity index (χ4n) is 2.62. The lowest BCUT2D eigenvalue weighted by Crippen LogP contribution is -2.21. The minimum Gasteiger partial charge on any atom is -0.465 e. The van der Waals surface area contributed by atoms with Crippen molar-refractivity contribution >= 4 is 23.8 Å². The summed E-state index contributed by atoms with van der Waals surface area (Å²) < 4.78 is 5.93. The smallest absolute Gasteiger partial charge is 0.135 e. The highest BCUT2D eigenvalue weighted by atomic mass is 31.1. The van der Waals surface area contributed by atoms with E-state index >= 15 is 0 Å². The second kappa shape index (κ2) is 7.95. The first-order valence-corrected chi connectivity index (χ1v) is 9.42. The molecule has 3 aromatic rings. The lowest BCUT2D eigenvalue weighted by molar-refractivity contribution is 0.484. The van der Waals surface area contributed by atoms with Crippen molar-refractivity contribution in [3.63, 3.8) is 0 Å². The van der Waals surface area contributed by atoms with Crippen LogP contribution in [-0.2, 0) is 0 Å². The molecule has 120 valence electrons. The third kappa shape index (κ3) is 3.75. The van der Waals surface area contributed by atoms with Crippen LogP contribution in [0.25, 0.3) is 0 Å². The number of aryl methyl sites for hydroxylation is 1. The van der Waals surface area contributed by atoms with Crippen LogP contribution in [0, 0.1) is 6.92 Å². The van der Waals surface area contributed by atoms with Crippen molar-refractivity contribution in [3.8, 4) is 5.75 Å². The highest BCUT2D eigenvalue weighted by molar-refractivity contribution is 7.80. The van der Waals surface area contributed by atoms with Gasteiger partial charge in [-0.05, 0) is 50.1 Å². The van der Waals surface area contributed by atoms with Crippen LogP contribution in [0.5, 0.6) is 5.75 Å². The number of allylic oxidation sites excluding steroid dienone is 1. The van der Waals surface area contributed by atoms with Crippen molar-refractivity contribution in [1.29, 1.82) is 0 Å². The largest absolute Gasteiger partial charge is 0.465 e. The molecule has 0 N–H and O–H groups in total. The second-order valence-electron chi connectivity index (χ2n) is 5.56. The number of ether oxygens (including phenoxy) is 1. The molecule has 0 unspecified atom stereocenters. The highest BCUT2D eigenvalue weighted by Crippen LogP contribution is 2.36. The van der Waals surface area contributed by atoms with Gasteiger partial charge in [0.2, 0.25) is 0 Å². The molecule has 2 heteroatoms. The topological polar surface area (TPSA) is 9.23 Å². The van der Waals surface area contributed by atoms with Crippen molar-refractivity contribution in [3.05, 3.63) is 96.8 Å². The summed E-state index contributed by atoms with van der Waals surface area (Å²) in [5, 5.41) is 3.90. The van der Waals surface area contributed by atoms with Crippen molar-refractivity contribution in [2.24, 2.45) is 0 Å². The Hall–Kier alpha value is -2.37. The van der Waals surface area contributed by atoms with Gasteiger partial charge in [-0.3, -0.25) is 0 Å². The molecule has 1 nitrogen and oxygen atoms in total. The zero-order chi connectivity index (χ0) is 16.8. The van der Waals surface area contributed by atoms with Crippen molar-refractivity contribution in [2.75, 3.05) is 0 Å². The van der Waals surface area contributed by atoms with Crippen molar-refractivity contribution < 1.29 is 4.74 Å². The summed E-state index contributed by atoms with van der Waals surface area (Å²) in [6.07, 6.45) is 3.67. The molecule has 0 heterocycles. The van der Waals surface area contributed by atoms with Crippen LogP contribution in [0.4, 0.5) is 0 Å². The van der Waals surface area contributed by atoms with Gasteiger partial charge in [-0.1, -0.05) is 72.8 Å². The standard InChI is InChI=1S/C22H21OP/c1-3-16-23-21-17-18(2)14-15-22(21)24(19-10-6-4-7-11-19)20-12-8-5-9-13-20/h3-17H,1-2H3. The third-order valence-corrected chi connectivity index (χ3v) is 6.20. The van der Waals surface area contributed by atoms with Gasteiger partial charge >= 0.3 is 0 Å². The minimum atomic E-state index is -0.655. The summed E-state index contributed by atoms with van der Waals surface area (Å²) in [6.45, 7) is 4.06. The van der Waals surface area contributed by atoms with Crippen molar-refractivity contribution in [2.45, 2.75) is 13.8 Å². The molecule has 0 saturated heterocycles. The van der Waals surface area contributed by atoms with Gasteiger partial charge in [-0.2, -0.15) is 0 Å². The molecule has 0 radical (unpaired) electrons. The van der Waals surface area contributed by atoms with E-state index in [1.165, 1.54) is 21.5 Å². The molecule has 0 aliphatic heterocycles. The monoisotopic (exact) mass is 332 g/mol. The predicted octanol–water partition coefficient (Wildman–Crippen LogP) is 4.67. The van der Waals surface area contributed by atoms with Gasteiger partial charge in [0, 0.05) is 5.30 Å². The summed E-state index contributed by atoms with van der Waals surface area (Å²) >= 11 is 0. The SMILES string of the molecule is CC=COc1cc(C)ccc1P(c1ccccc1)c1ccccc1. The number of rotatable bonds is 5. The van der Waals surface area contributed by atoms with E-state index < -0.39 is 7.92 Å². The molecule has 0 bridgehead atoms. The van der Waals surface area contributed by atoms with Crippen LogP contribution in [-0.4, -0.2) is 0 Å². The van der Waals surface area contributed by atoms with Crippen LogP contribution >= 0.6 is 7.92 Å². The Balaban J connectivity index is 2.16.